The first kappa shape index (κ1) is 16.1. The maximum Gasteiger partial charge on any atom is 0.261 e. The predicted molar refractivity (Wildman–Crippen MR) is 92.1 cm³/mol. The van der Waals surface area contributed by atoms with Crippen molar-refractivity contribution in [2.45, 2.75) is 32.2 Å². The second kappa shape index (κ2) is 6.06. The lowest BCUT2D eigenvalue weighted by Gasteiger charge is -2.29. The van der Waals surface area contributed by atoms with Gasteiger partial charge < -0.3 is 11.1 Å². The average molecular weight is 332 g/mol. The molecule has 2 aromatic rings. The van der Waals surface area contributed by atoms with E-state index in [9.17, 15) is 9.18 Å². The zero-order valence-corrected chi connectivity index (χ0v) is 14.2. The van der Waals surface area contributed by atoms with E-state index in [-0.39, 0.29) is 17.3 Å². The molecule has 0 bridgehead atoms. The van der Waals surface area contributed by atoms with E-state index in [1.807, 2.05) is 19.9 Å². The number of carbonyl (C=O) groups excluding carboxylic acids is 1. The van der Waals surface area contributed by atoms with E-state index in [0.29, 0.717) is 17.3 Å². The molecule has 1 aliphatic rings. The summed E-state index contributed by atoms with van der Waals surface area (Å²) in [5.41, 5.74) is 7.43. The Morgan fingerprint density at radius 2 is 2.04 bits per heavy atom. The SMILES string of the molecule is Cc1sc(C(=O)NC(C)(CN)C2CC2)cc1-c1ccc(F)cc1. The minimum Gasteiger partial charge on any atom is -0.345 e. The number of hydrogen-bond acceptors (Lipinski definition) is 3. The smallest absolute Gasteiger partial charge is 0.261 e. The molecule has 3 N–H and O–H groups in total. The van der Waals surface area contributed by atoms with Crippen molar-refractivity contribution in [2.24, 2.45) is 11.7 Å². The van der Waals surface area contributed by atoms with Crippen molar-refractivity contribution in [1.82, 2.24) is 5.32 Å². The van der Waals surface area contributed by atoms with Crippen LogP contribution in [0.15, 0.2) is 30.3 Å². The van der Waals surface area contributed by atoms with E-state index in [0.717, 1.165) is 28.8 Å². The molecule has 122 valence electrons. The van der Waals surface area contributed by atoms with E-state index < -0.39 is 0 Å². The Kier molecular flexibility index (Phi) is 4.25. The third kappa shape index (κ3) is 3.31. The summed E-state index contributed by atoms with van der Waals surface area (Å²) >= 11 is 1.46. The van der Waals surface area contributed by atoms with Gasteiger partial charge in [-0.1, -0.05) is 12.1 Å². The third-order valence-electron chi connectivity index (χ3n) is 4.60. The van der Waals surface area contributed by atoms with Crippen LogP contribution in [0.25, 0.3) is 11.1 Å². The summed E-state index contributed by atoms with van der Waals surface area (Å²) < 4.78 is 13.1. The number of aryl methyl sites for hydroxylation is 1. The van der Waals surface area contributed by atoms with Crippen molar-refractivity contribution in [1.29, 1.82) is 0 Å². The molecule has 0 radical (unpaired) electrons. The van der Waals surface area contributed by atoms with E-state index in [2.05, 4.69) is 5.32 Å². The highest BCUT2D eigenvalue weighted by molar-refractivity contribution is 7.14. The van der Waals surface area contributed by atoms with Gasteiger partial charge in [-0.15, -0.1) is 11.3 Å². The minimum atomic E-state index is -0.328. The molecule has 0 saturated heterocycles. The minimum absolute atomic E-state index is 0.0775. The number of amides is 1. The molecule has 1 amide bonds. The molecule has 0 aliphatic heterocycles. The van der Waals surface area contributed by atoms with Crippen molar-refractivity contribution in [3.05, 3.63) is 45.9 Å². The van der Waals surface area contributed by atoms with Gasteiger partial charge in [0, 0.05) is 11.4 Å². The van der Waals surface area contributed by atoms with Gasteiger partial charge in [0.25, 0.3) is 5.91 Å². The van der Waals surface area contributed by atoms with Gasteiger partial charge in [-0.25, -0.2) is 4.39 Å². The molecule has 3 nitrogen and oxygen atoms in total. The first-order valence-electron chi connectivity index (χ1n) is 7.82. The second-order valence-electron chi connectivity index (χ2n) is 6.44. The van der Waals surface area contributed by atoms with Crippen LogP contribution in [0.3, 0.4) is 0 Å². The Bertz CT molecular complexity index is 721. The Morgan fingerprint density at radius 3 is 2.61 bits per heavy atom. The summed E-state index contributed by atoms with van der Waals surface area (Å²) in [7, 11) is 0. The fourth-order valence-corrected chi connectivity index (χ4v) is 3.81. The van der Waals surface area contributed by atoms with E-state index >= 15 is 0 Å². The van der Waals surface area contributed by atoms with Crippen LogP contribution in [0.5, 0.6) is 0 Å². The Labute approximate surface area is 139 Å². The number of hydrogen-bond donors (Lipinski definition) is 2. The standard InChI is InChI=1S/C18H21FN2OS/c1-11-15(12-3-7-14(19)8-4-12)9-16(23-11)17(22)21-18(2,10-20)13-5-6-13/h3-4,7-9,13H,5-6,10,20H2,1-2H3,(H,21,22). The number of thiophene rings is 1. The molecule has 1 heterocycles. The highest BCUT2D eigenvalue weighted by atomic mass is 32.1. The molecule has 23 heavy (non-hydrogen) atoms. The van der Waals surface area contributed by atoms with Crippen LogP contribution in [0.2, 0.25) is 0 Å². The zero-order valence-electron chi connectivity index (χ0n) is 13.4. The summed E-state index contributed by atoms with van der Waals surface area (Å²) in [5, 5.41) is 3.11. The zero-order chi connectivity index (χ0) is 16.6. The maximum absolute atomic E-state index is 13.1. The van der Waals surface area contributed by atoms with Crippen LogP contribution in [0.1, 0.15) is 34.3 Å². The molecule has 3 rings (SSSR count). The average Bonchev–Trinajstić information content (AvgIpc) is 3.32. The fourth-order valence-electron chi connectivity index (χ4n) is 2.87. The molecular formula is C18H21FN2OS. The van der Waals surface area contributed by atoms with Gasteiger partial charge in [0.05, 0.1) is 10.4 Å². The van der Waals surface area contributed by atoms with Gasteiger partial charge >= 0.3 is 0 Å². The van der Waals surface area contributed by atoms with Gasteiger partial charge in [-0.05, 0) is 61.9 Å². The quantitative estimate of drug-likeness (QED) is 0.877. The van der Waals surface area contributed by atoms with Gasteiger partial charge in [-0.2, -0.15) is 0 Å². The number of halogens is 1. The molecule has 1 aromatic carbocycles. The molecule has 1 aliphatic carbocycles. The van der Waals surface area contributed by atoms with Gasteiger partial charge in [0.2, 0.25) is 0 Å². The van der Waals surface area contributed by atoms with Crippen LogP contribution in [-0.2, 0) is 0 Å². The van der Waals surface area contributed by atoms with Gasteiger partial charge in [0.1, 0.15) is 5.82 Å². The van der Waals surface area contributed by atoms with Crippen molar-refractivity contribution in [3.8, 4) is 11.1 Å². The van der Waals surface area contributed by atoms with E-state index in [1.165, 1.54) is 23.5 Å². The largest absolute Gasteiger partial charge is 0.345 e. The normalized spacial score (nSPS) is 16.9. The first-order valence-corrected chi connectivity index (χ1v) is 8.63. The first-order chi connectivity index (χ1) is 10.9. The summed E-state index contributed by atoms with van der Waals surface area (Å²) in [4.78, 5) is 14.3. The summed E-state index contributed by atoms with van der Waals surface area (Å²) in [6.45, 7) is 4.44. The Morgan fingerprint density at radius 1 is 1.39 bits per heavy atom. The lowest BCUT2D eigenvalue weighted by Crippen LogP contribution is -2.53. The Balaban J connectivity index is 1.82. The van der Waals surface area contributed by atoms with Crippen molar-refractivity contribution in [2.75, 3.05) is 6.54 Å². The monoisotopic (exact) mass is 332 g/mol. The molecule has 1 fully saturated rings. The number of benzene rings is 1. The van der Waals surface area contributed by atoms with Crippen LogP contribution in [0, 0.1) is 18.7 Å². The van der Waals surface area contributed by atoms with Gasteiger partial charge in [0.15, 0.2) is 0 Å². The van der Waals surface area contributed by atoms with Crippen molar-refractivity contribution < 1.29 is 9.18 Å². The molecular weight excluding hydrogens is 311 g/mol. The van der Waals surface area contributed by atoms with Crippen molar-refractivity contribution >= 4 is 17.2 Å². The molecule has 1 unspecified atom stereocenters. The topological polar surface area (TPSA) is 55.1 Å². The maximum atomic E-state index is 13.1. The van der Waals surface area contributed by atoms with E-state index in [4.69, 9.17) is 5.73 Å². The highest BCUT2D eigenvalue weighted by Crippen LogP contribution is 2.39. The lowest BCUT2D eigenvalue weighted by atomic mass is 9.96. The number of nitrogens with two attached hydrogens (primary N) is 1. The summed E-state index contributed by atoms with van der Waals surface area (Å²) in [6.07, 6.45) is 2.25. The summed E-state index contributed by atoms with van der Waals surface area (Å²) in [6, 6.07) is 8.22. The number of rotatable bonds is 5. The third-order valence-corrected chi connectivity index (χ3v) is 5.65. The highest BCUT2D eigenvalue weighted by Gasteiger charge is 2.41. The van der Waals surface area contributed by atoms with Crippen LogP contribution in [-0.4, -0.2) is 18.0 Å². The van der Waals surface area contributed by atoms with Crippen LogP contribution >= 0.6 is 11.3 Å². The van der Waals surface area contributed by atoms with Crippen molar-refractivity contribution in [3.63, 3.8) is 0 Å². The van der Waals surface area contributed by atoms with Gasteiger partial charge in [-0.3, -0.25) is 4.79 Å². The van der Waals surface area contributed by atoms with Crippen LogP contribution in [0.4, 0.5) is 4.39 Å². The Hall–Kier alpha value is -1.72. The molecule has 1 aromatic heterocycles. The summed E-state index contributed by atoms with van der Waals surface area (Å²) in [5.74, 6) is 0.142. The van der Waals surface area contributed by atoms with E-state index in [1.54, 1.807) is 12.1 Å². The molecule has 1 atom stereocenters. The molecule has 1 saturated carbocycles. The lowest BCUT2D eigenvalue weighted by molar-refractivity contribution is 0.0902. The molecule has 0 spiro atoms. The predicted octanol–water partition coefficient (Wildman–Crippen LogP) is 3.72. The fraction of sp³-hybridized carbons (Fsp3) is 0.389. The number of carbonyl (C=O) groups is 1. The molecule has 5 heteroatoms. The number of nitrogens with one attached hydrogen (secondary N) is 1. The second-order valence-corrected chi connectivity index (χ2v) is 7.69. The van der Waals surface area contributed by atoms with Crippen LogP contribution < -0.4 is 11.1 Å².